The van der Waals surface area contributed by atoms with Crippen molar-refractivity contribution in [3.8, 4) is 0 Å². The van der Waals surface area contributed by atoms with E-state index in [2.05, 4.69) is 6.58 Å². The van der Waals surface area contributed by atoms with Crippen LogP contribution in [0, 0.1) is 0 Å². The van der Waals surface area contributed by atoms with Crippen molar-refractivity contribution in [1.29, 1.82) is 0 Å². The molecule has 0 bridgehead atoms. The monoisotopic (exact) mass is 156 g/mol. The zero-order valence-corrected chi connectivity index (χ0v) is 7.33. The van der Waals surface area contributed by atoms with E-state index in [4.69, 9.17) is 0 Å². The summed E-state index contributed by atoms with van der Waals surface area (Å²) < 4.78 is 0. The Bertz CT molecular complexity index is 170. The maximum absolute atomic E-state index is 9.38. The molecule has 2 nitrogen and oxygen atoms in total. The van der Waals surface area contributed by atoms with Crippen LogP contribution in [0.25, 0.3) is 0 Å². The van der Waals surface area contributed by atoms with Gasteiger partial charge in [0.15, 0.2) is 0 Å². The maximum atomic E-state index is 9.38. The highest BCUT2D eigenvalue weighted by atomic mass is 16.3. The van der Waals surface area contributed by atoms with E-state index in [1.807, 2.05) is 6.92 Å². The zero-order valence-electron chi connectivity index (χ0n) is 7.33. The fourth-order valence-electron chi connectivity index (χ4n) is 0.689. The van der Waals surface area contributed by atoms with Gasteiger partial charge in [-0.05, 0) is 31.9 Å². The van der Waals surface area contributed by atoms with Gasteiger partial charge in [0.05, 0.1) is 0 Å². The lowest BCUT2D eigenvalue weighted by Gasteiger charge is -2.18. The summed E-state index contributed by atoms with van der Waals surface area (Å²) in [4.78, 5) is 0. The molecule has 0 spiro atoms. The highest BCUT2D eigenvalue weighted by molar-refractivity contribution is 5.13. The molecule has 0 heterocycles. The van der Waals surface area contributed by atoms with Crippen LogP contribution >= 0.6 is 0 Å². The molecular formula is C9H16O2. The SMILES string of the molecule is C=C(C)C(O)C(O)/C(C)=C/C. The summed E-state index contributed by atoms with van der Waals surface area (Å²) in [5, 5.41) is 18.7. The molecular weight excluding hydrogens is 140 g/mol. The maximum Gasteiger partial charge on any atom is 0.104 e. The molecule has 0 rings (SSSR count). The van der Waals surface area contributed by atoms with Crippen LogP contribution in [0.3, 0.4) is 0 Å². The molecule has 0 aromatic carbocycles. The lowest BCUT2D eigenvalue weighted by atomic mass is 10.0. The van der Waals surface area contributed by atoms with Gasteiger partial charge in [-0.2, -0.15) is 0 Å². The minimum absolute atomic E-state index is 0.582. The highest BCUT2D eigenvalue weighted by Crippen LogP contribution is 2.11. The van der Waals surface area contributed by atoms with E-state index < -0.39 is 12.2 Å². The number of hydrogen-bond acceptors (Lipinski definition) is 2. The standard InChI is InChI=1S/C9H16O2/c1-5-7(4)9(11)8(10)6(2)3/h5,8-11H,2H2,1,3-4H3/b7-5+. The van der Waals surface area contributed by atoms with Crippen molar-refractivity contribution in [2.24, 2.45) is 0 Å². The van der Waals surface area contributed by atoms with Gasteiger partial charge in [0.25, 0.3) is 0 Å². The van der Waals surface area contributed by atoms with Gasteiger partial charge in [-0.3, -0.25) is 0 Å². The Kier molecular flexibility index (Phi) is 4.08. The average Bonchev–Trinajstić information content (AvgIpc) is 2.00. The normalized spacial score (nSPS) is 17.7. The lowest BCUT2D eigenvalue weighted by molar-refractivity contribution is 0.0660. The van der Waals surface area contributed by atoms with Gasteiger partial charge in [0.2, 0.25) is 0 Å². The molecule has 0 radical (unpaired) electrons. The molecule has 0 aromatic heterocycles. The molecule has 0 aromatic rings. The van der Waals surface area contributed by atoms with Crippen LogP contribution in [0.15, 0.2) is 23.8 Å². The van der Waals surface area contributed by atoms with E-state index in [0.29, 0.717) is 5.57 Å². The number of aliphatic hydroxyl groups is 2. The molecule has 0 amide bonds. The fourth-order valence-corrected chi connectivity index (χ4v) is 0.689. The predicted molar refractivity (Wildman–Crippen MR) is 46.3 cm³/mol. The minimum Gasteiger partial charge on any atom is -0.386 e. The first-order valence-electron chi connectivity index (χ1n) is 3.65. The van der Waals surface area contributed by atoms with Crippen molar-refractivity contribution >= 4 is 0 Å². The smallest absolute Gasteiger partial charge is 0.104 e. The topological polar surface area (TPSA) is 40.5 Å². The molecule has 0 saturated heterocycles. The van der Waals surface area contributed by atoms with Gasteiger partial charge in [0.1, 0.15) is 12.2 Å². The quantitative estimate of drug-likeness (QED) is 0.604. The lowest BCUT2D eigenvalue weighted by Crippen LogP contribution is -2.27. The molecule has 2 N–H and O–H groups in total. The van der Waals surface area contributed by atoms with E-state index in [1.165, 1.54) is 0 Å². The van der Waals surface area contributed by atoms with Crippen LogP contribution in [0.4, 0.5) is 0 Å². The van der Waals surface area contributed by atoms with Crippen LogP contribution in [-0.2, 0) is 0 Å². The molecule has 11 heavy (non-hydrogen) atoms. The first-order valence-corrected chi connectivity index (χ1v) is 3.65. The second kappa shape index (κ2) is 4.31. The van der Waals surface area contributed by atoms with Crippen LogP contribution in [0.1, 0.15) is 20.8 Å². The number of aliphatic hydroxyl groups excluding tert-OH is 2. The molecule has 0 aliphatic rings. The third-order valence-electron chi connectivity index (χ3n) is 1.73. The van der Waals surface area contributed by atoms with Gasteiger partial charge < -0.3 is 10.2 Å². The molecule has 2 heteroatoms. The summed E-state index contributed by atoms with van der Waals surface area (Å²) in [6, 6.07) is 0. The van der Waals surface area contributed by atoms with Crippen molar-refractivity contribution in [3.05, 3.63) is 23.8 Å². The average molecular weight is 156 g/mol. The second-order valence-electron chi connectivity index (χ2n) is 2.77. The Hall–Kier alpha value is -0.600. The van der Waals surface area contributed by atoms with E-state index in [1.54, 1.807) is 19.9 Å². The zero-order chi connectivity index (χ0) is 9.02. The van der Waals surface area contributed by atoms with Crippen LogP contribution in [0.5, 0.6) is 0 Å². The molecule has 0 aliphatic heterocycles. The van der Waals surface area contributed by atoms with Crippen LogP contribution in [-0.4, -0.2) is 22.4 Å². The number of allylic oxidation sites excluding steroid dienone is 1. The fraction of sp³-hybridized carbons (Fsp3) is 0.556. The van der Waals surface area contributed by atoms with Crippen molar-refractivity contribution in [3.63, 3.8) is 0 Å². The van der Waals surface area contributed by atoms with Gasteiger partial charge in [-0.25, -0.2) is 0 Å². The minimum atomic E-state index is -0.841. The molecule has 64 valence electrons. The molecule has 0 aliphatic carbocycles. The second-order valence-corrected chi connectivity index (χ2v) is 2.77. The summed E-state index contributed by atoms with van der Waals surface area (Å²) in [7, 11) is 0. The summed E-state index contributed by atoms with van der Waals surface area (Å²) in [5.41, 5.74) is 1.35. The summed E-state index contributed by atoms with van der Waals surface area (Å²) in [5.74, 6) is 0. The first-order chi connectivity index (χ1) is 5.00. The van der Waals surface area contributed by atoms with E-state index in [9.17, 15) is 10.2 Å². The Balaban J connectivity index is 4.24. The van der Waals surface area contributed by atoms with Gasteiger partial charge in [-0.15, -0.1) is 0 Å². The van der Waals surface area contributed by atoms with Gasteiger partial charge in [-0.1, -0.05) is 12.7 Å². The third kappa shape index (κ3) is 2.87. The van der Waals surface area contributed by atoms with Crippen LogP contribution in [0.2, 0.25) is 0 Å². The van der Waals surface area contributed by atoms with Crippen molar-refractivity contribution in [2.45, 2.75) is 33.0 Å². The summed E-state index contributed by atoms with van der Waals surface area (Å²) >= 11 is 0. The highest BCUT2D eigenvalue weighted by Gasteiger charge is 2.17. The molecule has 0 fully saturated rings. The van der Waals surface area contributed by atoms with E-state index in [-0.39, 0.29) is 0 Å². The third-order valence-corrected chi connectivity index (χ3v) is 1.73. The Morgan fingerprint density at radius 1 is 1.27 bits per heavy atom. The van der Waals surface area contributed by atoms with Gasteiger partial charge >= 0.3 is 0 Å². The van der Waals surface area contributed by atoms with Crippen LogP contribution < -0.4 is 0 Å². The van der Waals surface area contributed by atoms with E-state index >= 15 is 0 Å². The van der Waals surface area contributed by atoms with Crippen molar-refractivity contribution < 1.29 is 10.2 Å². The Morgan fingerprint density at radius 2 is 1.73 bits per heavy atom. The Labute approximate surface area is 67.9 Å². The molecule has 2 atom stereocenters. The van der Waals surface area contributed by atoms with Crippen molar-refractivity contribution in [2.75, 3.05) is 0 Å². The first kappa shape index (κ1) is 10.4. The van der Waals surface area contributed by atoms with Gasteiger partial charge in [0, 0.05) is 0 Å². The summed E-state index contributed by atoms with van der Waals surface area (Å²) in [6.45, 7) is 8.84. The Morgan fingerprint density at radius 3 is 2.00 bits per heavy atom. The number of rotatable bonds is 3. The number of hydrogen-bond donors (Lipinski definition) is 2. The van der Waals surface area contributed by atoms with Crippen molar-refractivity contribution in [1.82, 2.24) is 0 Å². The summed E-state index contributed by atoms with van der Waals surface area (Å²) in [6.07, 6.45) is 0.125. The van der Waals surface area contributed by atoms with E-state index in [0.717, 1.165) is 5.57 Å². The molecule has 0 saturated carbocycles. The largest absolute Gasteiger partial charge is 0.386 e. The predicted octanol–water partition coefficient (Wildman–Crippen LogP) is 1.25. The molecule has 2 unspecified atom stereocenters.